The summed E-state index contributed by atoms with van der Waals surface area (Å²) in [6.45, 7) is 3.81. The van der Waals surface area contributed by atoms with Crippen LogP contribution in [0.3, 0.4) is 0 Å². The van der Waals surface area contributed by atoms with E-state index in [1.165, 1.54) is 17.1 Å². The molecule has 1 rings (SSSR count). The number of sulfone groups is 1. The molecule has 1 aromatic rings. The lowest BCUT2D eigenvalue weighted by Gasteiger charge is -2.13. The van der Waals surface area contributed by atoms with Gasteiger partial charge in [-0.25, -0.2) is 13.2 Å². The van der Waals surface area contributed by atoms with E-state index in [-0.39, 0.29) is 11.5 Å². The highest BCUT2D eigenvalue weighted by Crippen LogP contribution is 2.15. The number of carbonyl (C=O) groups is 1. The summed E-state index contributed by atoms with van der Waals surface area (Å²) in [5.41, 5.74) is 0. The van der Waals surface area contributed by atoms with Crippen LogP contribution in [0.1, 0.15) is 26.3 Å². The van der Waals surface area contributed by atoms with E-state index in [9.17, 15) is 13.2 Å². The molecule has 0 N–H and O–H groups in total. The van der Waals surface area contributed by atoms with Gasteiger partial charge in [-0.1, -0.05) is 6.92 Å². The van der Waals surface area contributed by atoms with Crippen molar-refractivity contribution >= 4 is 15.8 Å². The molecule has 1 aromatic heterocycles. The summed E-state index contributed by atoms with van der Waals surface area (Å²) in [5, 5.41) is 3.89. The van der Waals surface area contributed by atoms with E-state index in [4.69, 9.17) is 4.74 Å². The first-order valence-electron chi connectivity index (χ1n) is 5.31. The van der Waals surface area contributed by atoms with Crippen LogP contribution in [0.5, 0.6) is 0 Å². The maximum Gasteiger partial charge on any atom is 0.330 e. The van der Waals surface area contributed by atoms with E-state index in [0.29, 0.717) is 6.42 Å². The number of hydrogen-bond acceptors (Lipinski definition) is 5. The van der Waals surface area contributed by atoms with Gasteiger partial charge < -0.3 is 4.74 Å². The number of aromatic nitrogens is 2. The van der Waals surface area contributed by atoms with Crippen LogP contribution in [0, 0.1) is 0 Å². The molecule has 6 nitrogen and oxygen atoms in total. The lowest BCUT2D eigenvalue weighted by atomic mass is 10.2. The fourth-order valence-corrected chi connectivity index (χ4v) is 1.92. The van der Waals surface area contributed by atoms with E-state index < -0.39 is 21.8 Å². The van der Waals surface area contributed by atoms with E-state index in [2.05, 4.69) is 5.10 Å². The van der Waals surface area contributed by atoms with Crippen molar-refractivity contribution in [3.05, 3.63) is 12.4 Å². The Morgan fingerprint density at radius 1 is 1.53 bits per heavy atom. The van der Waals surface area contributed by atoms with Crippen LogP contribution in [0.25, 0.3) is 0 Å². The topological polar surface area (TPSA) is 78.3 Å². The molecule has 0 aliphatic rings. The SMILES string of the molecule is CCOC(=O)C(CC)n1cc(S(C)(=O)=O)cn1. The molecule has 0 saturated carbocycles. The zero-order valence-electron chi connectivity index (χ0n) is 10.1. The van der Waals surface area contributed by atoms with Gasteiger partial charge in [0.15, 0.2) is 9.84 Å². The molecule has 0 fully saturated rings. The normalized spacial score (nSPS) is 13.4. The second-order valence-corrected chi connectivity index (χ2v) is 5.62. The molecule has 0 aliphatic carbocycles. The van der Waals surface area contributed by atoms with Crippen LogP contribution in [-0.4, -0.2) is 37.0 Å². The summed E-state index contributed by atoms with van der Waals surface area (Å²) in [6, 6.07) is -0.578. The van der Waals surface area contributed by atoms with Crippen LogP contribution in [-0.2, 0) is 19.4 Å². The maximum atomic E-state index is 11.6. The van der Waals surface area contributed by atoms with Crippen molar-refractivity contribution in [3.63, 3.8) is 0 Å². The minimum absolute atomic E-state index is 0.0975. The van der Waals surface area contributed by atoms with Crippen molar-refractivity contribution in [2.24, 2.45) is 0 Å². The molecular formula is C10H16N2O4S. The molecule has 0 saturated heterocycles. The van der Waals surface area contributed by atoms with Crippen LogP contribution in [0.15, 0.2) is 17.3 Å². The van der Waals surface area contributed by atoms with Crippen molar-refractivity contribution in [1.29, 1.82) is 0 Å². The zero-order chi connectivity index (χ0) is 13.1. The fraction of sp³-hybridized carbons (Fsp3) is 0.600. The third kappa shape index (κ3) is 3.29. The van der Waals surface area contributed by atoms with E-state index in [0.717, 1.165) is 6.26 Å². The van der Waals surface area contributed by atoms with Crippen LogP contribution < -0.4 is 0 Å². The first kappa shape index (κ1) is 13.7. The Bertz CT molecular complexity index is 492. The number of rotatable bonds is 5. The molecule has 96 valence electrons. The van der Waals surface area contributed by atoms with Gasteiger partial charge in [-0.3, -0.25) is 4.68 Å². The summed E-state index contributed by atoms with van der Waals surface area (Å²) in [6.07, 6.45) is 4.17. The second-order valence-electron chi connectivity index (χ2n) is 3.60. The minimum Gasteiger partial charge on any atom is -0.464 e. The summed E-state index contributed by atoms with van der Waals surface area (Å²) >= 11 is 0. The minimum atomic E-state index is -3.30. The van der Waals surface area contributed by atoms with Gasteiger partial charge in [0.25, 0.3) is 0 Å². The Balaban J connectivity index is 2.98. The predicted molar refractivity (Wildman–Crippen MR) is 61.3 cm³/mol. The molecule has 0 spiro atoms. The summed E-state index contributed by atoms with van der Waals surface area (Å²) < 4.78 is 28.8. The number of nitrogens with zero attached hydrogens (tertiary/aromatic N) is 2. The second kappa shape index (κ2) is 5.31. The standard InChI is InChI=1S/C10H16N2O4S/c1-4-9(10(13)16-5-2)12-7-8(6-11-12)17(3,14)15/h6-7,9H,4-5H2,1-3H3. The molecular weight excluding hydrogens is 244 g/mol. The van der Waals surface area contributed by atoms with E-state index in [1.807, 2.05) is 6.92 Å². The number of ether oxygens (including phenoxy) is 1. The highest BCUT2D eigenvalue weighted by atomic mass is 32.2. The highest BCUT2D eigenvalue weighted by Gasteiger charge is 2.22. The molecule has 0 bridgehead atoms. The lowest BCUT2D eigenvalue weighted by molar-refractivity contribution is -0.147. The Kier molecular flexibility index (Phi) is 4.28. The number of esters is 1. The average molecular weight is 260 g/mol. The van der Waals surface area contributed by atoms with Gasteiger partial charge >= 0.3 is 5.97 Å². The van der Waals surface area contributed by atoms with Crippen LogP contribution in [0.4, 0.5) is 0 Å². The van der Waals surface area contributed by atoms with Crippen molar-refractivity contribution < 1.29 is 17.9 Å². The van der Waals surface area contributed by atoms with Crippen LogP contribution in [0.2, 0.25) is 0 Å². The summed E-state index contributed by atoms with van der Waals surface area (Å²) in [7, 11) is -3.30. The maximum absolute atomic E-state index is 11.6. The van der Waals surface area contributed by atoms with Gasteiger partial charge in [0, 0.05) is 12.5 Å². The molecule has 0 radical (unpaired) electrons. The molecule has 1 unspecified atom stereocenters. The van der Waals surface area contributed by atoms with Crippen molar-refractivity contribution in [2.45, 2.75) is 31.2 Å². The van der Waals surface area contributed by atoms with E-state index in [1.54, 1.807) is 6.92 Å². The van der Waals surface area contributed by atoms with Gasteiger partial charge in [-0.05, 0) is 13.3 Å². The molecule has 7 heteroatoms. The lowest BCUT2D eigenvalue weighted by Crippen LogP contribution is -2.21. The molecule has 0 aliphatic heterocycles. The molecule has 1 heterocycles. The molecule has 0 aromatic carbocycles. The van der Waals surface area contributed by atoms with Crippen molar-refractivity contribution in [1.82, 2.24) is 9.78 Å². The van der Waals surface area contributed by atoms with Gasteiger partial charge in [0.2, 0.25) is 0 Å². The van der Waals surface area contributed by atoms with Crippen molar-refractivity contribution in [3.8, 4) is 0 Å². The Morgan fingerprint density at radius 2 is 2.18 bits per heavy atom. The zero-order valence-corrected chi connectivity index (χ0v) is 10.9. The average Bonchev–Trinajstić information content (AvgIpc) is 2.68. The highest BCUT2D eigenvalue weighted by molar-refractivity contribution is 7.90. The number of hydrogen-bond donors (Lipinski definition) is 0. The Morgan fingerprint density at radius 3 is 2.59 bits per heavy atom. The van der Waals surface area contributed by atoms with Crippen LogP contribution >= 0.6 is 0 Å². The monoisotopic (exact) mass is 260 g/mol. The smallest absolute Gasteiger partial charge is 0.330 e. The van der Waals surface area contributed by atoms with Gasteiger partial charge in [-0.2, -0.15) is 5.10 Å². The first-order chi connectivity index (χ1) is 7.90. The summed E-state index contributed by atoms with van der Waals surface area (Å²) in [4.78, 5) is 11.7. The fourth-order valence-electron chi connectivity index (χ4n) is 1.38. The molecule has 17 heavy (non-hydrogen) atoms. The first-order valence-corrected chi connectivity index (χ1v) is 7.20. The molecule has 1 atom stereocenters. The van der Waals surface area contributed by atoms with Gasteiger partial charge in [-0.15, -0.1) is 0 Å². The third-order valence-corrected chi connectivity index (χ3v) is 3.34. The predicted octanol–water partition coefficient (Wildman–Crippen LogP) is 0.801. The van der Waals surface area contributed by atoms with Gasteiger partial charge in [0.1, 0.15) is 10.9 Å². The number of carbonyl (C=O) groups excluding carboxylic acids is 1. The van der Waals surface area contributed by atoms with E-state index >= 15 is 0 Å². The molecule has 0 amide bonds. The quantitative estimate of drug-likeness (QED) is 0.732. The third-order valence-electron chi connectivity index (χ3n) is 2.27. The summed E-state index contributed by atoms with van der Waals surface area (Å²) in [5.74, 6) is -0.404. The Labute approximate surface area is 100 Å². The van der Waals surface area contributed by atoms with Gasteiger partial charge in [0.05, 0.1) is 12.8 Å². The Hall–Kier alpha value is -1.37. The van der Waals surface area contributed by atoms with Crippen molar-refractivity contribution in [2.75, 3.05) is 12.9 Å². The largest absolute Gasteiger partial charge is 0.464 e.